The summed E-state index contributed by atoms with van der Waals surface area (Å²) < 4.78 is 0. The van der Waals surface area contributed by atoms with Crippen LogP contribution in [0, 0.1) is 0 Å². The van der Waals surface area contributed by atoms with Crippen LogP contribution in [-0.2, 0) is 19.2 Å². The number of carboxylic acids is 2. The van der Waals surface area contributed by atoms with Gasteiger partial charge < -0.3 is 15.5 Å². The number of benzene rings is 1. The zero-order chi connectivity index (χ0) is 19.4. The van der Waals surface area contributed by atoms with Crippen LogP contribution in [0.3, 0.4) is 0 Å². The number of carboxylic acid groups (broad SMARTS) is 2. The predicted molar refractivity (Wildman–Crippen MR) is 92.0 cm³/mol. The van der Waals surface area contributed by atoms with Gasteiger partial charge in [-0.3, -0.25) is 14.4 Å². The maximum absolute atomic E-state index is 12.5. The lowest BCUT2D eigenvalue weighted by Crippen LogP contribution is -2.42. The van der Waals surface area contributed by atoms with Crippen molar-refractivity contribution in [1.82, 2.24) is 5.32 Å². The molecule has 1 aromatic carbocycles. The van der Waals surface area contributed by atoms with Gasteiger partial charge in [0.2, 0.25) is 17.7 Å². The lowest BCUT2D eigenvalue weighted by Gasteiger charge is -2.17. The van der Waals surface area contributed by atoms with Gasteiger partial charge in [0.15, 0.2) is 0 Å². The maximum atomic E-state index is 12.5. The van der Waals surface area contributed by atoms with Gasteiger partial charge in [-0.25, -0.2) is 14.5 Å². The summed E-state index contributed by atoms with van der Waals surface area (Å²) in [7, 11) is 0. The van der Waals surface area contributed by atoms with Gasteiger partial charge in [-0.15, -0.1) is 11.8 Å². The Morgan fingerprint density at radius 1 is 1.31 bits per heavy atom. The molecule has 2 atom stereocenters. The van der Waals surface area contributed by atoms with E-state index in [9.17, 15) is 24.0 Å². The topological polar surface area (TPSA) is 141 Å². The Morgan fingerprint density at radius 3 is 2.58 bits per heavy atom. The Balaban J connectivity index is 2.11. The summed E-state index contributed by atoms with van der Waals surface area (Å²) in [4.78, 5) is 58.8. The zero-order valence-electron chi connectivity index (χ0n) is 13.7. The predicted octanol–water partition coefficient (Wildman–Crippen LogP) is 0.339. The summed E-state index contributed by atoms with van der Waals surface area (Å²) in [5, 5.41) is 19.6. The number of aliphatic carboxylic acids is 1. The van der Waals surface area contributed by atoms with Crippen molar-refractivity contribution in [2.75, 3.05) is 10.7 Å². The molecule has 3 N–H and O–H groups in total. The monoisotopic (exact) mass is 380 g/mol. The van der Waals surface area contributed by atoms with Crippen molar-refractivity contribution in [1.29, 1.82) is 0 Å². The number of amides is 3. The minimum atomic E-state index is -1.24. The van der Waals surface area contributed by atoms with Gasteiger partial charge >= 0.3 is 11.9 Å². The van der Waals surface area contributed by atoms with E-state index in [4.69, 9.17) is 10.2 Å². The van der Waals surface area contributed by atoms with Gasteiger partial charge in [-0.2, -0.15) is 0 Å². The first-order chi connectivity index (χ1) is 12.2. The quantitative estimate of drug-likeness (QED) is 0.575. The van der Waals surface area contributed by atoms with Crippen LogP contribution in [0.2, 0.25) is 0 Å². The van der Waals surface area contributed by atoms with Crippen molar-refractivity contribution in [3.63, 3.8) is 0 Å². The average molecular weight is 380 g/mol. The third kappa shape index (κ3) is 4.39. The Morgan fingerprint density at radius 2 is 2.00 bits per heavy atom. The lowest BCUT2D eigenvalue weighted by atomic mass is 10.2. The molecular weight excluding hydrogens is 364 g/mol. The summed E-state index contributed by atoms with van der Waals surface area (Å²) in [5.74, 6) is -4.07. The largest absolute Gasteiger partial charge is 0.480 e. The van der Waals surface area contributed by atoms with Crippen LogP contribution in [0.5, 0.6) is 0 Å². The fourth-order valence-electron chi connectivity index (χ4n) is 2.42. The van der Waals surface area contributed by atoms with Crippen LogP contribution < -0.4 is 10.2 Å². The van der Waals surface area contributed by atoms with E-state index >= 15 is 0 Å². The summed E-state index contributed by atoms with van der Waals surface area (Å²) in [5.41, 5.74) is 0.0930. The number of hydrogen-bond donors (Lipinski definition) is 3. The zero-order valence-corrected chi connectivity index (χ0v) is 14.5. The molecule has 138 valence electrons. The molecule has 1 saturated heterocycles. The molecule has 1 aliphatic rings. The van der Waals surface area contributed by atoms with Crippen LogP contribution in [0.15, 0.2) is 24.3 Å². The number of nitrogens with one attached hydrogen (secondary N) is 1. The van der Waals surface area contributed by atoms with Crippen LogP contribution in [-0.4, -0.2) is 56.9 Å². The van der Waals surface area contributed by atoms with E-state index in [1.54, 1.807) is 0 Å². The summed E-state index contributed by atoms with van der Waals surface area (Å²) in [6, 6.07) is 4.27. The highest BCUT2D eigenvalue weighted by molar-refractivity contribution is 8.00. The fourth-order valence-corrected chi connectivity index (χ4v) is 3.58. The maximum Gasteiger partial charge on any atom is 0.335 e. The molecule has 1 aromatic rings. The molecule has 0 aromatic heterocycles. The number of nitrogens with zero attached hydrogens (tertiary/aromatic N) is 1. The van der Waals surface area contributed by atoms with Crippen LogP contribution in [0.4, 0.5) is 5.69 Å². The second-order valence-corrected chi connectivity index (χ2v) is 6.78. The van der Waals surface area contributed by atoms with Gasteiger partial charge in [-0.1, -0.05) is 6.07 Å². The smallest absolute Gasteiger partial charge is 0.335 e. The number of carbonyl (C=O) groups excluding carboxylic acids is 3. The minimum Gasteiger partial charge on any atom is -0.480 e. The molecule has 1 fully saturated rings. The highest BCUT2D eigenvalue weighted by Gasteiger charge is 2.40. The lowest BCUT2D eigenvalue weighted by molar-refractivity contribution is -0.140. The molecule has 2 rings (SSSR count). The van der Waals surface area contributed by atoms with Crippen LogP contribution in [0.25, 0.3) is 0 Å². The van der Waals surface area contributed by atoms with E-state index in [1.165, 1.54) is 31.2 Å². The molecule has 9 nitrogen and oxygen atoms in total. The van der Waals surface area contributed by atoms with E-state index in [-0.39, 0.29) is 23.4 Å². The van der Waals surface area contributed by atoms with Crippen LogP contribution >= 0.6 is 11.8 Å². The van der Waals surface area contributed by atoms with Crippen molar-refractivity contribution in [2.24, 2.45) is 0 Å². The van der Waals surface area contributed by atoms with Crippen molar-refractivity contribution >= 4 is 47.1 Å². The first-order valence-corrected chi connectivity index (χ1v) is 8.57. The number of aromatic carboxylic acids is 1. The van der Waals surface area contributed by atoms with Gasteiger partial charge in [-0.05, 0) is 18.2 Å². The molecule has 1 heterocycles. The number of carbonyl (C=O) groups is 5. The molecular formula is C16H16N2O7S. The number of hydrogen-bond acceptors (Lipinski definition) is 6. The molecule has 0 spiro atoms. The highest BCUT2D eigenvalue weighted by atomic mass is 32.2. The fraction of sp³-hybridized carbons (Fsp3) is 0.312. The number of rotatable bonds is 7. The Hall–Kier alpha value is -2.88. The third-order valence-corrected chi connectivity index (χ3v) is 4.89. The number of thioether (sulfide) groups is 1. The minimum absolute atomic E-state index is 0.0594. The molecule has 10 heteroatoms. The van der Waals surface area contributed by atoms with Gasteiger partial charge in [0.05, 0.1) is 16.5 Å². The molecule has 0 aliphatic carbocycles. The number of anilines is 1. The first kappa shape index (κ1) is 19.4. The summed E-state index contributed by atoms with van der Waals surface area (Å²) in [6.45, 7) is 1.18. The standard InChI is InChI=1S/C16H16N2O7S/c1-8(19)17-11(16(24)25)7-26-12-6-13(20)18(14(12)21)10-4-2-3-9(5-10)15(22)23/h2-5,11-12H,6-7H2,1H3,(H,17,19)(H,22,23)(H,24,25)/t11-,12-/m0/s1. The van der Waals surface area contributed by atoms with Crippen molar-refractivity contribution in [3.05, 3.63) is 29.8 Å². The Kier molecular flexibility index (Phi) is 5.98. The van der Waals surface area contributed by atoms with Crippen LogP contribution in [0.1, 0.15) is 23.7 Å². The molecule has 0 bridgehead atoms. The average Bonchev–Trinajstić information content (AvgIpc) is 2.84. The number of imide groups is 1. The molecule has 26 heavy (non-hydrogen) atoms. The van der Waals surface area contributed by atoms with Crippen molar-refractivity contribution in [3.8, 4) is 0 Å². The van der Waals surface area contributed by atoms with E-state index in [2.05, 4.69) is 5.32 Å². The Bertz CT molecular complexity index is 780. The van der Waals surface area contributed by atoms with Crippen molar-refractivity contribution in [2.45, 2.75) is 24.6 Å². The SMILES string of the molecule is CC(=O)N[C@@H](CS[C@H]1CC(=O)N(c2cccc(C(=O)O)c2)C1=O)C(=O)O. The molecule has 3 amide bonds. The van der Waals surface area contributed by atoms with E-state index < -0.39 is 41.0 Å². The van der Waals surface area contributed by atoms with E-state index in [1.807, 2.05) is 0 Å². The highest BCUT2D eigenvalue weighted by Crippen LogP contribution is 2.30. The van der Waals surface area contributed by atoms with Gasteiger partial charge in [0.25, 0.3) is 0 Å². The molecule has 0 radical (unpaired) electrons. The van der Waals surface area contributed by atoms with E-state index in [0.29, 0.717) is 0 Å². The molecule has 0 saturated carbocycles. The summed E-state index contributed by atoms with van der Waals surface area (Å²) in [6.07, 6.45) is -0.132. The normalized spacial score (nSPS) is 17.9. The van der Waals surface area contributed by atoms with Crippen molar-refractivity contribution < 1.29 is 34.2 Å². The summed E-state index contributed by atoms with van der Waals surface area (Å²) >= 11 is 0.959. The van der Waals surface area contributed by atoms with Gasteiger partial charge in [0, 0.05) is 19.1 Å². The van der Waals surface area contributed by atoms with E-state index in [0.717, 1.165) is 16.7 Å². The second-order valence-electron chi connectivity index (χ2n) is 5.54. The van der Waals surface area contributed by atoms with Gasteiger partial charge in [0.1, 0.15) is 6.04 Å². The first-order valence-electron chi connectivity index (χ1n) is 7.52. The molecule has 0 unspecified atom stereocenters. The molecule has 1 aliphatic heterocycles. The Labute approximate surface area is 152 Å². The third-order valence-electron chi connectivity index (χ3n) is 3.60. The second kappa shape index (κ2) is 8.00.